The van der Waals surface area contributed by atoms with E-state index >= 15 is 0 Å². The molecule has 0 bridgehead atoms. The standard InChI is InChI=1S/C20H27N3O2/c1-20(2,3)19(25)23(14-9-5-4-6-10-14)13-17-21-16-12-8-7-11-15(16)18(24)22-17/h7-8,11-12,14H,4-6,9-10,13H2,1-3H3,(H,21,22,24). The molecule has 1 heterocycles. The number of benzene rings is 1. The van der Waals surface area contributed by atoms with Crippen LogP contribution >= 0.6 is 0 Å². The highest BCUT2D eigenvalue weighted by atomic mass is 16.2. The molecule has 1 amide bonds. The molecule has 1 aliphatic carbocycles. The second kappa shape index (κ2) is 6.98. The average molecular weight is 341 g/mol. The molecule has 0 aliphatic heterocycles. The lowest BCUT2D eigenvalue weighted by molar-refractivity contribution is -0.143. The maximum Gasteiger partial charge on any atom is 0.258 e. The Morgan fingerprint density at radius 1 is 1.20 bits per heavy atom. The van der Waals surface area contributed by atoms with Crippen LogP contribution in [0.1, 0.15) is 58.7 Å². The Morgan fingerprint density at radius 3 is 2.56 bits per heavy atom. The summed E-state index contributed by atoms with van der Waals surface area (Å²) in [6.45, 7) is 6.20. The first-order chi connectivity index (χ1) is 11.9. The van der Waals surface area contributed by atoms with Gasteiger partial charge >= 0.3 is 0 Å². The predicted molar refractivity (Wildman–Crippen MR) is 99.2 cm³/mol. The molecule has 1 aromatic heterocycles. The fourth-order valence-corrected chi connectivity index (χ4v) is 3.56. The number of fused-ring (bicyclic) bond motifs is 1. The highest BCUT2D eigenvalue weighted by molar-refractivity contribution is 5.82. The third-order valence-electron chi connectivity index (χ3n) is 4.90. The molecular weight excluding hydrogens is 314 g/mol. The second-order valence-corrected chi connectivity index (χ2v) is 8.00. The third-order valence-corrected chi connectivity index (χ3v) is 4.90. The molecule has 0 atom stereocenters. The van der Waals surface area contributed by atoms with E-state index in [4.69, 9.17) is 0 Å². The summed E-state index contributed by atoms with van der Waals surface area (Å²) < 4.78 is 0. The third kappa shape index (κ3) is 3.91. The van der Waals surface area contributed by atoms with Crippen molar-refractivity contribution < 1.29 is 4.79 Å². The first kappa shape index (κ1) is 17.6. The number of carbonyl (C=O) groups is 1. The summed E-state index contributed by atoms with van der Waals surface area (Å²) in [5.74, 6) is 0.682. The minimum Gasteiger partial charge on any atom is -0.332 e. The van der Waals surface area contributed by atoms with Crippen LogP contribution in [0.15, 0.2) is 29.1 Å². The highest BCUT2D eigenvalue weighted by Crippen LogP contribution is 2.28. The second-order valence-electron chi connectivity index (χ2n) is 8.00. The maximum atomic E-state index is 13.0. The quantitative estimate of drug-likeness (QED) is 0.927. The van der Waals surface area contributed by atoms with Gasteiger partial charge in [0.25, 0.3) is 5.56 Å². The van der Waals surface area contributed by atoms with Crippen LogP contribution in [0, 0.1) is 5.41 Å². The number of carbonyl (C=O) groups excluding carboxylic acids is 1. The van der Waals surface area contributed by atoms with Gasteiger partial charge in [-0.25, -0.2) is 4.98 Å². The van der Waals surface area contributed by atoms with E-state index in [2.05, 4.69) is 9.97 Å². The fourth-order valence-electron chi connectivity index (χ4n) is 3.56. The Kier molecular flexibility index (Phi) is 4.93. The largest absolute Gasteiger partial charge is 0.332 e. The maximum absolute atomic E-state index is 13.0. The van der Waals surface area contributed by atoms with Crippen molar-refractivity contribution >= 4 is 16.8 Å². The molecule has 3 rings (SSSR count). The predicted octanol–water partition coefficient (Wildman–Crippen LogP) is 3.63. The molecule has 0 saturated heterocycles. The number of rotatable bonds is 3. The number of amides is 1. The van der Waals surface area contributed by atoms with Gasteiger partial charge in [-0.05, 0) is 25.0 Å². The Labute approximate surface area is 148 Å². The topological polar surface area (TPSA) is 66.1 Å². The smallest absolute Gasteiger partial charge is 0.258 e. The zero-order chi connectivity index (χ0) is 18.0. The van der Waals surface area contributed by atoms with Crippen LogP contribution < -0.4 is 5.56 Å². The molecule has 2 aromatic rings. The monoisotopic (exact) mass is 341 g/mol. The summed E-state index contributed by atoms with van der Waals surface area (Å²) >= 11 is 0. The molecule has 1 aliphatic rings. The number of hydrogen-bond acceptors (Lipinski definition) is 3. The van der Waals surface area contributed by atoms with Crippen LogP contribution in [0.2, 0.25) is 0 Å². The molecule has 1 N–H and O–H groups in total. The molecule has 134 valence electrons. The molecule has 5 nitrogen and oxygen atoms in total. The van der Waals surface area contributed by atoms with E-state index in [1.54, 1.807) is 6.07 Å². The van der Waals surface area contributed by atoms with Crippen molar-refractivity contribution in [2.75, 3.05) is 0 Å². The van der Waals surface area contributed by atoms with Gasteiger partial charge in [0.05, 0.1) is 17.4 Å². The number of nitrogens with zero attached hydrogens (tertiary/aromatic N) is 2. The van der Waals surface area contributed by atoms with E-state index < -0.39 is 5.41 Å². The molecule has 0 spiro atoms. The average Bonchev–Trinajstić information content (AvgIpc) is 2.59. The first-order valence-electron chi connectivity index (χ1n) is 9.15. The van der Waals surface area contributed by atoms with E-state index in [0.717, 1.165) is 25.7 Å². The fraction of sp³-hybridized carbons (Fsp3) is 0.550. The van der Waals surface area contributed by atoms with Crippen molar-refractivity contribution in [1.82, 2.24) is 14.9 Å². The van der Waals surface area contributed by atoms with Gasteiger partial charge in [0.1, 0.15) is 5.82 Å². The molecular formula is C20H27N3O2. The minimum atomic E-state index is -0.450. The van der Waals surface area contributed by atoms with Gasteiger partial charge in [-0.15, -0.1) is 0 Å². The van der Waals surface area contributed by atoms with Crippen LogP contribution in [0.3, 0.4) is 0 Å². The number of nitrogens with one attached hydrogen (secondary N) is 1. The Balaban J connectivity index is 1.94. The Bertz CT molecular complexity index is 814. The SMILES string of the molecule is CC(C)(C)C(=O)N(Cc1nc2ccccc2c(=O)[nH]1)C1CCCCC1. The van der Waals surface area contributed by atoms with Crippen molar-refractivity contribution in [3.63, 3.8) is 0 Å². The van der Waals surface area contributed by atoms with E-state index in [-0.39, 0.29) is 17.5 Å². The molecule has 25 heavy (non-hydrogen) atoms. The van der Waals surface area contributed by atoms with Crippen molar-refractivity contribution in [3.8, 4) is 0 Å². The van der Waals surface area contributed by atoms with Crippen LogP contribution in [-0.2, 0) is 11.3 Å². The molecule has 1 saturated carbocycles. The summed E-state index contributed by atoms with van der Waals surface area (Å²) in [4.78, 5) is 34.7. The number of para-hydroxylation sites is 1. The van der Waals surface area contributed by atoms with Gasteiger partial charge in [0, 0.05) is 11.5 Å². The van der Waals surface area contributed by atoms with E-state index in [9.17, 15) is 9.59 Å². The molecule has 1 aromatic carbocycles. The lowest BCUT2D eigenvalue weighted by Crippen LogP contribution is -2.46. The van der Waals surface area contributed by atoms with Gasteiger partial charge in [-0.3, -0.25) is 9.59 Å². The van der Waals surface area contributed by atoms with Gasteiger partial charge in [-0.1, -0.05) is 52.2 Å². The zero-order valence-corrected chi connectivity index (χ0v) is 15.3. The summed E-state index contributed by atoms with van der Waals surface area (Å²) in [6.07, 6.45) is 5.60. The van der Waals surface area contributed by atoms with Crippen molar-refractivity contribution in [1.29, 1.82) is 0 Å². The zero-order valence-electron chi connectivity index (χ0n) is 15.3. The minimum absolute atomic E-state index is 0.121. The summed E-state index contributed by atoms with van der Waals surface area (Å²) in [6, 6.07) is 7.54. The first-order valence-corrected chi connectivity index (χ1v) is 9.15. The van der Waals surface area contributed by atoms with E-state index in [0.29, 0.717) is 23.3 Å². The highest BCUT2D eigenvalue weighted by Gasteiger charge is 2.33. The number of H-pyrrole nitrogens is 1. The van der Waals surface area contributed by atoms with Crippen molar-refractivity contribution in [3.05, 3.63) is 40.4 Å². The summed E-state index contributed by atoms with van der Waals surface area (Å²) in [5, 5.41) is 0.581. The van der Waals surface area contributed by atoms with Crippen LogP contribution in [-0.4, -0.2) is 26.8 Å². The van der Waals surface area contributed by atoms with Gasteiger partial charge in [-0.2, -0.15) is 0 Å². The Hall–Kier alpha value is -2.17. The van der Waals surface area contributed by atoms with E-state index in [1.165, 1.54) is 6.42 Å². The van der Waals surface area contributed by atoms with Gasteiger partial charge in [0.2, 0.25) is 5.91 Å². The van der Waals surface area contributed by atoms with Crippen LogP contribution in [0.25, 0.3) is 10.9 Å². The molecule has 0 unspecified atom stereocenters. The van der Waals surface area contributed by atoms with Crippen molar-refractivity contribution in [2.24, 2.45) is 5.41 Å². The normalized spacial score (nSPS) is 16.1. The molecule has 5 heteroatoms. The van der Waals surface area contributed by atoms with Gasteiger partial charge < -0.3 is 9.88 Å². The van der Waals surface area contributed by atoms with Crippen LogP contribution in [0.4, 0.5) is 0 Å². The number of hydrogen-bond donors (Lipinski definition) is 1. The number of aromatic amines is 1. The summed E-state index contributed by atoms with van der Waals surface area (Å²) in [5.41, 5.74) is 0.0784. The Morgan fingerprint density at radius 2 is 1.88 bits per heavy atom. The lowest BCUT2D eigenvalue weighted by atomic mass is 9.89. The molecule has 1 fully saturated rings. The van der Waals surface area contributed by atoms with Crippen molar-refractivity contribution in [2.45, 2.75) is 65.5 Å². The van der Waals surface area contributed by atoms with Gasteiger partial charge in [0.15, 0.2) is 0 Å². The van der Waals surface area contributed by atoms with E-state index in [1.807, 2.05) is 43.9 Å². The van der Waals surface area contributed by atoms with Crippen LogP contribution in [0.5, 0.6) is 0 Å². The number of aromatic nitrogens is 2. The lowest BCUT2D eigenvalue weighted by Gasteiger charge is -2.37. The summed E-state index contributed by atoms with van der Waals surface area (Å²) in [7, 11) is 0. The molecule has 0 radical (unpaired) electrons.